The molecule has 2 aromatic carbocycles. The topological polar surface area (TPSA) is 139 Å². The van der Waals surface area contributed by atoms with Gasteiger partial charge in [-0.05, 0) is 34.7 Å². The number of aromatic nitrogens is 4. The van der Waals surface area contributed by atoms with E-state index in [-0.39, 0.29) is 5.75 Å². The van der Waals surface area contributed by atoms with Gasteiger partial charge in [-0.1, -0.05) is 11.8 Å². The molecule has 13 heteroatoms. The fraction of sp³-hybridized carbons (Fsp3) is 0.286. The van der Waals surface area contributed by atoms with Crippen LogP contribution in [0.1, 0.15) is 6.42 Å². The molecular weight excluding hydrogens is 464 g/mol. The molecule has 34 heavy (non-hydrogen) atoms. The third-order valence-electron chi connectivity index (χ3n) is 4.65. The molecule has 1 aliphatic heterocycles. The number of ether oxygens (including phenoxy) is 4. The van der Waals surface area contributed by atoms with Crippen molar-refractivity contribution in [2.75, 3.05) is 38.5 Å². The molecule has 0 saturated carbocycles. The van der Waals surface area contributed by atoms with Gasteiger partial charge in [0.25, 0.3) is 0 Å². The molecule has 0 saturated heterocycles. The van der Waals surface area contributed by atoms with E-state index in [4.69, 9.17) is 18.9 Å². The summed E-state index contributed by atoms with van der Waals surface area (Å²) >= 11 is 1.06. The number of urea groups is 1. The van der Waals surface area contributed by atoms with Crippen LogP contribution in [-0.2, 0) is 4.79 Å². The van der Waals surface area contributed by atoms with Gasteiger partial charge in [0.2, 0.25) is 11.1 Å². The van der Waals surface area contributed by atoms with Crippen molar-refractivity contribution in [3.63, 3.8) is 0 Å². The first-order valence-corrected chi connectivity index (χ1v) is 11.2. The van der Waals surface area contributed by atoms with Gasteiger partial charge in [-0.2, -0.15) is 4.68 Å². The Morgan fingerprint density at radius 1 is 1.09 bits per heavy atom. The van der Waals surface area contributed by atoms with Crippen molar-refractivity contribution >= 4 is 29.4 Å². The van der Waals surface area contributed by atoms with Crippen LogP contribution in [-0.4, -0.2) is 65.3 Å². The maximum atomic E-state index is 12.3. The highest BCUT2D eigenvalue weighted by molar-refractivity contribution is 7.99. The van der Waals surface area contributed by atoms with E-state index >= 15 is 0 Å². The fourth-order valence-electron chi connectivity index (χ4n) is 3.08. The van der Waals surface area contributed by atoms with Gasteiger partial charge in [-0.3, -0.25) is 10.1 Å². The summed E-state index contributed by atoms with van der Waals surface area (Å²) in [6, 6.07) is 9.53. The van der Waals surface area contributed by atoms with Gasteiger partial charge >= 0.3 is 6.03 Å². The third kappa shape index (κ3) is 5.49. The summed E-state index contributed by atoms with van der Waals surface area (Å²) in [7, 11) is 3.07. The standard InChI is InChI=1S/C21H22N6O6S/c1-30-14-5-7-16(31-2)15(11-14)27-21(24-25-26-27)34-12-19(28)23-20(29)22-13-4-6-17-18(10-13)33-9-3-8-32-17/h4-7,10-11H,3,8-9,12H2,1-2H3,(H2,22,23,28,29). The highest BCUT2D eigenvalue weighted by Gasteiger charge is 2.17. The smallest absolute Gasteiger partial charge is 0.325 e. The quantitative estimate of drug-likeness (QED) is 0.478. The number of hydrogen-bond donors (Lipinski definition) is 2. The Bertz CT molecular complexity index is 1190. The van der Waals surface area contributed by atoms with Crippen molar-refractivity contribution < 1.29 is 28.5 Å². The molecule has 3 aromatic rings. The summed E-state index contributed by atoms with van der Waals surface area (Å²) in [5.74, 6) is 1.64. The lowest BCUT2D eigenvalue weighted by atomic mass is 10.3. The number of hydrogen-bond acceptors (Lipinski definition) is 10. The number of methoxy groups -OCH3 is 2. The molecule has 0 aliphatic carbocycles. The van der Waals surface area contributed by atoms with Crippen molar-refractivity contribution in [2.24, 2.45) is 0 Å². The van der Waals surface area contributed by atoms with Crippen LogP contribution in [0.4, 0.5) is 10.5 Å². The number of nitrogens with one attached hydrogen (secondary N) is 2. The van der Waals surface area contributed by atoms with Crippen LogP contribution in [0.25, 0.3) is 5.69 Å². The van der Waals surface area contributed by atoms with Gasteiger partial charge in [0.1, 0.15) is 17.2 Å². The molecule has 1 aliphatic rings. The number of fused-ring (bicyclic) bond motifs is 1. The minimum Gasteiger partial charge on any atom is -0.497 e. The zero-order valence-electron chi connectivity index (χ0n) is 18.4. The number of amides is 3. The first-order chi connectivity index (χ1) is 16.6. The van der Waals surface area contributed by atoms with Crippen LogP contribution < -0.4 is 29.6 Å². The van der Waals surface area contributed by atoms with E-state index in [0.717, 1.165) is 18.2 Å². The van der Waals surface area contributed by atoms with Crippen LogP contribution in [0.5, 0.6) is 23.0 Å². The first-order valence-electron chi connectivity index (χ1n) is 10.2. The number of anilines is 1. The number of tetrazole rings is 1. The number of benzene rings is 2. The van der Waals surface area contributed by atoms with E-state index in [1.165, 1.54) is 11.8 Å². The fourth-order valence-corrected chi connectivity index (χ4v) is 3.76. The molecule has 0 atom stereocenters. The Morgan fingerprint density at radius 3 is 2.71 bits per heavy atom. The molecule has 3 amide bonds. The van der Waals surface area contributed by atoms with Gasteiger partial charge in [0, 0.05) is 24.2 Å². The van der Waals surface area contributed by atoms with E-state index in [2.05, 4.69) is 26.2 Å². The number of rotatable bonds is 7. The molecule has 0 unspecified atom stereocenters. The van der Waals surface area contributed by atoms with E-state index < -0.39 is 11.9 Å². The molecule has 0 radical (unpaired) electrons. The predicted octanol–water partition coefficient (Wildman–Crippen LogP) is 2.28. The summed E-state index contributed by atoms with van der Waals surface area (Å²) in [4.78, 5) is 24.6. The third-order valence-corrected chi connectivity index (χ3v) is 5.57. The minimum atomic E-state index is -0.672. The zero-order valence-corrected chi connectivity index (χ0v) is 19.3. The minimum absolute atomic E-state index is 0.0960. The summed E-state index contributed by atoms with van der Waals surface area (Å²) in [5, 5.41) is 16.8. The van der Waals surface area contributed by atoms with Crippen molar-refractivity contribution in [1.82, 2.24) is 25.5 Å². The molecule has 12 nitrogen and oxygen atoms in total. The largest absolute Gasteiger partial charge is 0.497 e. The van der Waals surface area contributed by atoms with Crippen molar-refractivity contribution in [3.05, 3.63) is 36.4 Å². The van der Waals surface area contributed by atoms with Crippen LogP contribution >= 0.6 is 11.8 Å². The number of carbonyl (C=O) groups is 2. The molecule has 178 valence electrons. The van der Waals surface area contributed by atoms with Crippen molar-refractivity contribution in [3.8, 4) is 28.7 Å². The van der Waals surface area contributed by atoms with Gasteiger partial charge < -0.3 is 24.3 Å². The lowest BCUT2D eigenvalue weighted by molar-refractivity contribution is -0.117. The van der Waals surface area contributed by atoms with Crippen LogP contribution in [0.3, 0.4) is 0 Å². The second-order valence-electron chi connectivity index (χ2n) is 6.91. The lowest BCUT2D eigenvalue weighted by Crippen LogP contribution is -2.35. The van der Waals surface area contributed by atoms with E-state index in [1.807, 2.05) is 0 Å². The average Bonchev–Trinajstić information content (AvgIpc) is 3.19. The van der Waals surface area contributed by atoms with Gasteiger partial charge in [0.15, 0.2) is 11.5 Å². The Morgan fingerprint density at radius 2 is 1.91 bits per heavy atom. The molecule has 4 rings (SSSR count). The Labute approximate surface area is 198 Å². The molecule has 2 heterocycles. The lowest BCUT2D eigenvalue weighted by Gasteiger charge is -2.11. The van der Waals surface area contributed by atoms with E-state index in [0.29, 0.717) is 52.7 Å². The predicted molar refractivity (Wildman–Crippen MR) is 122 cm³/mol. The molecule has 0 spiro atoms. The first kappa shape index (κ1) is 23.2. The summed E-state index contributed by atoms with van der Waals surface area (Å²) in [6.07, 6.45) is 0.776. The second-order valence-corrected chi connectivity index (χ2v) is 7.86. The van der Waals surface area contributed by atoms with Gasteiger partial charge in [0.05, 0.1) is 33.2 Å². The summed E-state index contributed by atoms with van der Waals surface area (Å²) in [6.45, 7) is 1.10. The zero-order chi connectivity index (χ0) is 23.9. The maximum absolute atomic E-state index is 12.3. The van der Waals surface area contributed by atoms with Crippen LogP contribution in [0, 0.1) is 0 Å². The monoisotopic (exact) mass is 486 g/mol. The Kier molecular flexibility index (Phi) is 7.32. The highest BCUT2D eigenvalue weighted by Crippen LogP contribution is 2.32. The van der Waals surface area contributed by atoms with Crippen molar-refractivity contribution in [2.45, 2.75) is 11.6 Å². The number of imide groups is 1. The molecule has 0 bridgehead atoms. The van der Waals surface area contributed by atoms with E-state index in [9.17, 15) is 9.59 Å². The van der Waals surface area contributed by atoms with Crippen molar-refractivity contribution in [1.29, 1.82) is 0 Å². The van der Waals surface area contributed by atoms with E-state index in [1.54, 1.807) is 43.5 Å². The van der Waals surface area contributed by atoms with Crippen LogP contribution in [0.2, 0.25) is 0 Å². The maximum Gasteiger partial charge on any atom is 0.325 e. The summed E-state index contributed by atoms with van der Waals surface area (Å²) in [5.41, 5.74) is 1.01. The number of carbonyl (C=O) groups excluding carboxylic acids is 2. The molecule has 2 N–H and O–H groups in total. The highest BCUT2D eigenvalue weighted by atomic mass is 32.2. The second kappa shape index (κ2) is 10.7. The van der Waals surface area contributed by atoms with Gasteiger partial charge in [-0.15, -0.1) is 5.10 Å². The SMILES string of the molecule is COc1ccc(OC)c(-n2nnnc2SCC(=O)NC(=O)Nc2ccc3c(c2)OCCCO3)c1. The number of thioether (sulfide) groups is 1. The normalized spacial score (nSPS) is 12.4. The van der Waals surface area contributed by atoms with Crippen LogP contribution in [0.15, 0.2) is 41.6 Å². The Hall–Kier alpha value is -4.00. The Balaban J connectivity index is 1.35. The molecule has 1 aromatic heterocycles. The molecular formula is C21H22N6O6S. The average molecular weight is 487 g/mol. The number of nitrogens with zero attached hydrogens (tertiary/aromatic N) is 4. The van der Waals surface area contributed by atoms with Gasteiger partial charge in [-0.25, -0.2) is 4.79 Å². The summed E-state index contributed by atoms with van der Waals surface area (Å²) < 4.78 is 23.2. The molecule has 0 fully saturated rings.